The molecule has 0 aliphatic carbocycles. The van der Waals surface area contributed by atoms with Crippen molar-refractivity contribution in [3.63, 3.8) is 0 Å². The average molecular weight is 244 g/mol. The van der Waals surface area contributed by atoms with Gasteiger partial charge in [-0.25, -0.2) is 15.1 Å². The first-order valence-corrected chi connectivity index (χ1v) is 4.74. The third-order valence-corrected chi connectivity index (χ3v) is 1.56. The normalized spacial score (nSPS) is 9.94. The van der Waals surface area contributed by atoms with Crippen molar-refractivity contribution in [3.8, 4) is 0 Å². The highest BCUT2D eigenvalue weighted by Crippen LogP contribution is 1.94. The summed E-state index contributed by atoms with van der Waals surface area (Å²) in [5, 5.41) is 14.3. The molecule has 1 rings (SSSR count). The molecule has 9 heteroatoms. The minimum Gasteiger partial charge on any atom is -0.479 e. The molecule has 0 spiro atoms. The van der Waals surface area contributed by atoms with Gasteiger partial charge in [0.05, 0.1) is 0 Å². The summed E-state index contributed by atoms with van der Waals surface area (Å²) in [6.07, 6.45) is 0.406. The van der Waals surface area contributed by atoms with E-state index in [2.05, 4.69) is 20.3 Å². The van der Waals surface area contributed by atoms with Crippen molar-refractivity contribution in [1.82, 2.24) is 20.9 Å². The highest BCUT2D eigenvalue weighted by Gasteiger charge is 2.04. The lowest BCUT2D eigenvalue weighted by atomic mass is 10.4. The van der Waals surface area contributed by atoms with Gasteiger partial charge in [-0.2, -0.15) is 4.98 Å². The standard InChI is InChI=1S/C8H12N4O5/c1-5-10-6(11-17-5)2-3-9-8(15)12-16-4-7(13)14/h2-4H2,1H3,(H,13,14)(H2,9,12,15). The van der Waals surface area contributed by atoms with Crippen LogP contribution in [0.5, 0.6) is 0 Å². The maximum Gasteiger partial charge on any atom is 0.338 e. The summed E-state index contributed by atoms with van der Waals surface area (Å²) >= 11 is 0. The highest BCUT2D eigenvalue weighted by molar-refractivity contribution is 5.73. The molecule has 1 heterocycles. The molecule has 2 amide bonds. The van der Waals surface area contributed by atoms with E-state index in [9.17, 15) is 9.59 Å². The Morgan fingerprint density at radius 2 is 2.29 bits per heavy atom. The number of nitrogens with one attached hydrogen (secondary N) is 2. The third kappa shape index (κ3) is 5.47. The number of carbonyl (C=O) groups is 2. The molecule has 0 saturated carbocycles. The number of aliphatic carboxylic acids is 1. The lowest BCUT2D eigenvalue weighted by molar-refractivity contribution is -0.144. The number of hydroxylamine groups is 1. The molecule has 0 aromatic carbocycles. The van der Waals surface area contributed by atoms with Gasteiger partial charge in [0.1, 0.15) is 0 Å². The fraction of sp³-hybridized carbons (Fsp3) is 0.500. The van der Waals surface area contributed by atoms with Gasteiger partial charge in [0.25, 0.3) is 0 Å². The monoisotopic (exact) mass is 244 g/mol. The van der Waals surface area contributed by atoms with Gasteiger partial charge in [-0.05, 0) is 0 Å². The van der Waals surface area contributed by atoms with Crippen molar-refractivity contribution in [2.45, 2.75) is 13.3 Å². The molecule has 0 unspecified atom stereocenters. The highest BCUT2D eigenvalue weighted by atomic mass is 16.7. The second kappa shape index (κ2) is 6.43. The van der Waals surface area contributed by atoms with E-state index in [1.807, 2.05) is 5.48 Å². The van der Waals surface area contributed by atoms with E-state index in [1.54, 1.807) is 6.92 Å². The maximum atomic E-state index is 11.0. The first kappa shape index (κ1) is 12.9. The zero-order valence-corrected chi connectivity index (χ0v) is 9.10. The molecule has 0 bridgehead atoms. The van der Waals surface area contributed by atoms with E-state index in [4.69, 9.17) is 9.63 Å². The van der Waals surface area contributed by atoms with Crippen LogP contribution in [0.3, 0.4) is 0 Å². The molecular weight excluding hydrogens is 232 g/mol. The van der Waals surface area contributed by atoms with Gasteiger partial charge in [0.2, 0.25) is 5.89 Å². The van der Waals surface area contributed by atoms with E-state index in [0.717, 1.165) is 0 Å². The molecule has 0 fully saturated rings. The summed E-state index contributed by atoms with van der Waals surface area (Å²) in [6, 6.07) is -0.633. The molecule has 1 aromatic heterocycles. The number of nitrogens with zero attached hydrogens (tertiary/aromatic N) is 2. The van der Waals surface area contributed by atoms with Gasteiger partial charge in [0.15, 0.2) is 12.4 Å². The number of rotatable bonds is 6. The molecule has 0 aliphatic rings. The summed E-state index contributed by atoms with van der Waals surface area (Å²) in [5.41, 5.74) is 1.91. The topological polar surface area (TPSA) is 127 Å². The molecule has 0 aliphatic heterocycles. The van der Waals surface area contributed by atoms with Crippen LogP contribution < -0.4 is 10.8 Å². The van der Waals surface area contributed by atoms with Crippen LogP contribution in [0, 0.1) is 6.92 Å². The van der Waals surface area contributed by atoms with Crippen LogP contribution in [0.2, 0.25) is 0 Å². The van der Waals surface area contributed by atoms with E-state index in [1.165, 1.54) is 0 Å². The molecule has 3 N–H and O–H groups in total. The minimum atomic E-state index is -1.17. The first-order chi connectivity index (χ1) is 8.08. The summed E-state index contributed by atoms with van der Waals surface area (Å²) in [4.78, 5) is 29.4. The lowest BCUT2D eigenvalue weighted by Crippen LogP contribution is -2.37. The summed E-state index contributed by atoms with van der Waals surface area (Å²) in [7, 11) is 0. The second-order valence-electron chi connectivity index (χ2n) is 3.02. The number of aryl methyl sites for hydroxylation is 1. The Morgan fingerprint density at radius 3 is 2.88 bits per heavy atom. The Bertz CT molecular complexity index is 391. The van der Waals surface area contributed by atoms with Crippen LogP contribution in [0.25, 0.3) is 0 Å². The predicted octanol–water partition coefficient (Wildman–Crippen LogP) is -0.764. The number of aromatic nitrogens is 2. The molecule has 1 aromatic rings. The quantitative estimate of drug-likeness (QED) is 0.561. The second-order valence-corrected chi connectivity index (χ2v) is 3.02. The van der Waals surface area contributed by atoms with Gasteiger partial charge in [-0.1, -0.05) is 5.16 Å². The van der Waals surface area contributed by atoms with Gasteiger partial charge in [0, 0.05) is 19.9 Å². The van der Waals surface area contributed by atoms with Crippen molar-refractivity contribution >= 4 is 12.0 Å². The number of carboxylic acids is 1. The van der Waals surface area contributed by atoms with E-state index >= 15 is 0 Å². The van der Waals surface area contributed by atoms with Crippen LogP contribution >= 0.6 is 0 Å². The molecule has 0 saturated heterocycles. The van der Waals surface area contributed by atoms with E-state index in [-0.39, 0.29) is 6.54 Å². The van der Waals surface area contributed by atoms with E-state index < -0.39 is 18.6 Å². The van der Waals surface area contributed by atoms with Crippen molar-refractivity contribution in [1.29, 1.82) is 0 Å². The van der Waals surface area contributed by atoms with Crippen molar-refractivity contribution in [2.75, 3.05) is 13.2 Å². The van der Waals surface area contributed by atoms with Crippen LogP contribution in [-0.2, 0) is 16.1 Å². The number of hydrogen-bond donors (Lipinski definition) is 3. The van der Waals surface area contributed by atoms with Crippen LogP contribution in [0.15, 0.2) is 4.52 Å². The zero-order valence-electron chi connectivity index (χ0n) is 9.10. The Morgan fingerprint density at radius 1 is 1.53 bits per heavy atom. The average Bonchev–Trinajstić information content (AvgIpc) is 2.63. The molecule has 94 valence electrons. The minimum absolute atomic E-state index is 0.279. The van der Waals surface area contributed by atoms with Crippen LogP contribution in [-0.4, -0.2) is 40.4 Å². The molecule has 0 radical (unpaired) electrons. The largest absolute Gasteiger partial charge is 0.479 e. The van der Waals surface area contributed by atoms with E-state index in [0.29, 0.717) is 18.1 Å². The molecule has 9 nitrogen and oxygen atoms in total. The Kier molecular flexibility index (Phi) is 4.88. The number of hydrogen-bond acceptors (Lipinski definition) is 6. The maximum absolute atomic E-state index is 11.0. The fourth-order valence-electron chi connectivity index (χ4n) is 0.930. The Labute approximate surface area is 96.1 Å². The summed E-state index contributed by atoms with van der Waals surface area (Å²) in [5.74, 6) is -0.240. The van der Waals surface area contributed by atoms with Crippen LogP contribution in [0.4, 0.5) is 4.79 Å². The fourth-order valence-corrected chi connectivity index (χ4v) is 0.930. The number of carboxylic acid groups (broad SMARTS) is 1. The van der Waals surface area contributed by atoms with Crippen molar-refractivity contribution in [2.24, 2.45) is 0 Å². The van der Waals surface area contributed by atoms with Crippen molar-refractivity contribution < 1.29 is 24.1 Å². The third-order valence-electron chi connectivity index (χ3n) is 1.56. The number of amides is 2. The summed E-state index contributed by atoms with van der Waals surface area (Å²) in [6.45, 7) is 1.34. The number of urea groups is 1. The smallest absolute Gasteiger partial charge is 0.338 e. The molecule has 17 heavy (non-hydrogen) atoms. The van der Waals surface area contributed by atoms with Crippen LogP contribution in [0.1, 0.15) is 11.7 Å². The Balaban J connectivity index is 2.10. The van der Waals surface area contributed by atoms with Gasteiger partial charge in [-0.3, -0.25) is 4.84 Å². The summed E-state index contributed by atoms with van der Waals surface area (Å²) < 4.78 is 4.73. The van der Waals surface area contributed by atoms with Gasteiger partial charge < -0.3 is 14.9 Å². The molecular formula is C8H12N4O5. The number of carbonyl (C=O) groups excluding carboxylic acids is 1. The SMILES string of the molecule is Cc1nc(CCNC(=O)NOCC(=O)O)no1. The Hall–Kier alpha value is -2.16. The lowest BCUT2D eigenvalue weighted by Gasteiger charge is -2.04. The first-order valence-electron chi connectivity index (χ1n) is 4.74. The van der Waals surface area contributed by atoms with Gasteiger partial charge >= 0.3 is 12.0 Å². The van der Waals surface area contributed by atoms with Gasteiger partial charge in [-0.15, -0.1) is 0 Å². The van der Waals surface area contributed by atoms with Crippen molar-refractivity contribution in [3.05, 3.63) is 11.7 Å². The molecule has 0 atom stereocenters. The predicted molar refractivity (Wildman–Crippen MR) is 52.9 cm³/mol. The zero-order chi connectivity index (χ0) is 12.7.